The average Bonchev–Trinajstić information content (AvgIpc) is 2.18. The van der Waals surface area contributed by atoms with E-state index in [1.165, 1.54) is 11.8 Å². The molecular weight excluding hydrogens is 212 g/mol. The molecule has 14 heavy (non-hydrogen) atoms. The first-order valence-electron chi connectivity index (χ1n) is 4.30. The molecule has 0 aliphatic rings. The van der Waals surface area contributed by atoms with Gasteiger partial charge in [0.15, 0.2) is 5.78 Å². The molecule has 0 spiro atoms. The highest BCUT2D eigenvalue weighted by molar-refractivity contribution is 8.22. The number of thioether (sulfide) groups is 1. The van der Waals surface area contributed by atoms with Gasteiger partial charge < -0.3 is 0 Å². The summed E-state index contributed by atoms with van der Waals surface area (Å²) in [6.07, 6.45) is 2.25. The lowest BCUT2D eigenvalue weighted by molar-refractivity contribution is 0.100. The monoisotopic (exact) mass is 224 g/mol. The van der Waals surface area contributed by atoms with Crippen LogP contribution in [0.5, 0.6) is 0 Å². The minimum absolute atomic E-state index is 0.101. The van der Waals surface area contributed by atoms with E-state index in [0.29, 0.717) is 6.42 Å². The normalized spacial score (nSPS) is 9.86. The quantitative estimate of drug-likeness (QED) is 0.579. The highest BCUT2D eigenvalue weighted by Crippen LogP contribution is 2.10. The van der Waals surface area contributed by atoms with Crippen LogP contribution >= 0.6 is 24.0 Å². The van der Waals surface area contributed by atoms with Crippen molar-refractivity contribution in [2.75, 3.05) is 6.26 Å². The van der Waals surface area contributed by atoms with Gasteiger partial charge in [-0.15, -0.1) is 11.8 Å². The molecule has 0 heterocycles. The Kier molecular flexibility index (Phi) is 4.29. The van der Waals surface area contributed by atoms with Crippen molar-refractivity contribution in [3.8, 4) is 0 Å². The van der Waals surface area contributed by atoms with Crippen molar-refractivity contribution in [2.24, 2.45) is 0 Å². The number of rotatable bonds is 3. The van der Waals surface area contributed by atoms with E-state index in [1.807, 2.05) is 37.4 Å². The molecule has 0 saturated heterocycles. The molecule has 74 valence electrons. The minimum atomic E-state index is 0.101. The second kappa shape index (κ2) is 5.27. The SMILES string of the molecule is CSC(=S)CC(=O)c1ccc(C)cc1. The first-order valence-corrected chi connectivity index (χ1v) is 5.93. The number of ketones is 1. The molecule has 0 amide bonds. The predicted molar refractivity (Wildman–Crippen MR) is 66.2 cm³/mol. The maximum absolute atomic E-state index is 11.6. The molecule has 1 rings (SSSR count). The Morgan fingerprint density at radius 3 is 2.43 bits per heavy atom. The van der Waals surface area contributed by atoms with Crippen molar-refractivity contribution in [1.29, 1.82) is 0 Å². The summed E-state index contributed by atoms with van der Waals surface area (Å²) in [6, 6.07) is 7.58. The molecule has 0 saturated carbocycles. The Morgan fingerprint density at radius 2 is 1.93 bits per heavy atom. The van der Waals surface area contributed by atoms with E-state index in [-0.39, 0.29) is 5.78 Å². The van der Waals surface area contributed by atoms with Gasteiger partial charge >= 0.3 is 0 Å². The number of aryl methyl sites for hydroxylation is 1. The predicted octanol–water partition coefficient (Wildman–Crippen LogP) is 3.26. The molecule has 0 bridgehead atoms. The largest absolute Gasteiger partial charge is 0.294 e. The number of carbonyl (C=O) groups excluding carboxylic acids is 1. The molecule has 0 radical (unpaired) electrons. The Labute approximate surface area is 93.9 Å². The number of carbonyl (C=O) groups is 1. The number of thiocarbonyl (C=S) groups is 1. The van der Waals surface area contributed by atoms with Crippen molar-refractivity contribution < 1.29 is 4.79 Å². The van der Waals surface area contributed by atoms with Crippen LogP contribution in [0, 0.1) is 6.92 Å². The third kappa shape index (κ3) is 3.24. The van der Waals surface area contributed by atoms with Crippen LogP contribution in [0.25, 0.3) is 0 Å². The van der Waals surface area contributed by atoms with Crippen LogP contribution in [0.1, 0.15) is 22.3 Å². The van der Waals surface area contributed by atoms with Gasteiger partial charge in [-0.3, -0.25) is 4.79 Å². The topological polar surface area (TPSA) is 17.1 Å². The molecule has 1 aromatic carbocycles. The number of hydrogen-bond donors (Lipinski definition) is 0. The van der Waals surface area contributed by atoms with E-state index in [9.17, 15) is 4.79 Å². The van der Waals surface area contributed by atoms with E-state index in [1.54, 1.807) is 0 Å². The molecule has 0 fully saturated rings. The van der Waals surface area contributed by atoms with Gasteiger partial charge in [-0.25, -0.2) is 0 Å². The van der Waals surface area contributed by atoms with Crippen molar-refractivity contribution in [3.63, 3.8) is 0 Å². The summed E-state index contributed by atoms with van der Waals surface area (Å²) >= 11 is 6.46. The maximum atomic E-state index is 11.6. The summed E-state index contributed by atoms with van der Waals surface area (Å²) in [5, 5.41) is 0. The van der Waals surface area contributed by atoms with Crippen LogP contribution in [0.15, 0.2) is 24.3 Å². The van der Waals surface area contributed by atoms with E-state index in [0.717, 1.165) is 15.3 Å². The molecule has 0 N–H and O–H groups in total. The lowest BCUT2D eigenvalue weighted by Gasteiger charge is -2.00. The van der Waals surface area contributed by atoms with Crippen molar-refractivity contribution in [2.45, 2.75) is 13.3 Å². The third-order valence-electron chi connectivity index (χ3n) is 1.91. The molecule has 0 unspecified atom stereocenters. The molecule has 0 aromatic heterocycles. The molecular formula is C11H12OS2. The van der Waals surface area contributed by atoms with Gasteiger partial charge in [-0.05, 0) is 13.2 Å². The first kappa shape index (κ1) is 11.4. The number of Topliss-reactive ketones (excluding diaryl/α,β-unsaturated/α-hetero) is 1. The number of benzene rings is 1. The van der Waals surface area contributed by atoms with Gasteiger partial charge in [0, 0.05) is 5.56 Å². The summed E-state index contributed by atoms with van der Waals surface area (Å²) in [4.78, 5) is 11.6. The van der Waals surface area contributed by atoms with Gasteiger partial charge in [-0.2, -0.15) is 0 Å². The van der Waals surface area contributed by atoms with Crippen LogP contribution in [0.4, 0.5) is 0 Å². The highest BCUT2D eigenvalue weighted by atomic mass is 32.2. The van der Waals surface area contributed by atoms with Crippen molar-refractivity contribution in [1.82, 2.24) is 0 Å². The zero-order valence-electron chi connectivity index (χ0n) is 8.24. The lowest BCUT2D eigenvalue weighted by Crippen LogP contribution is -2.03. The summed E-state index contributed by atoms with van der Waals surface area (Å²) in [7, 11) is 0. The zero-order valence-corrected chi connectivity index (χ0v) is 9.87. The van der Waals surface area contributed by atoms with Gasteiger partial charge in [-0.1, -0.05) is 42.0 Å². The van der Waals surface area contributed by atoms with Crippen LogP contribution in [0.2, 0.25) is 0 Å². The molecule has 1 aromatic rings. The van der Waals surface area contributed by atoms with E-state index in [2.05, 4.69) is 0 Å². The average molecular weight is 224 g/mol. The van der Waals surface area contributed by atoms with E-state index >= 15 is 0 Å². The fraction of sp³-hybridized carbons (Fsp3) is 0.273. The first-order chi connectivity index (χ1) is 6.63. The Balaban J connectivity index is 2.70. The molecule has 0 aliphatic heterocycles. The smallest absolute Gasteiger partial charge is 0.168 e. The third-order valence-corrected chi connectivity index (χ3v) is 3.15. The van der Waals surface area contributed by atoms with Crippen molar-refractivity contribution >= 4 is 34.0 Å². The molecule has 1 nitrogen and oxygen atoms in total. The van der Waals surface area contributed by atoms with Crippen molar-refractivity contribution in [3.05, 3.63) is 35.4 Å². The van der Waals surface area contributed by atoms with Crippen LogP contribution in [-0.2, 0) is 0 Å². The Bertz CT molecular complexity index is 341. The molecule has 0 aliphatic carbocycles. The fourth-order valence-corrected chi connectivity index (χ4v) is 1.45. The summed E-state index contributed by atoms with van der Waals surface area (Å²) in [6.45, 7) is 2.00. The van der Waals surface area contributed by atoms with Crippen LogP contribution in [0.3, 0.4) is 0 Å². The summed E-state index contributed by atoms with van der Waals surface area (Å²) in [5.74, 6) is 0.101. The molecule has 0 atom stereocenters. The van der Waals surface area contributed by atoms with Crippen LogP contribution < -0.4 is 0 Å². The summed E-state index contributed by atoms with van der Waals surface area (Å²) < 4.78 is 0.746. The maximum Gasteiger partial charge on any atom is 0.168 e. The van der Waals surface area contributed by atoms with Gasteiger partial charge in [0.1, 0.15) is 0 Å². The molecule has 3 heteroatoms. The van der Waals surface area contributed by atoms with Crippen LogP contribution in [-0.4, -0.2) is 16.2 Å². The zero-order chi connectivity index (χ0) is 10.6. The highest BCUT2D eigenvalue weighted by Gasteiger charge is 2.07. The summed E-state index contributed by atoms with van der Waals surface area (Å²) in [5.41, 5.74) is 1.90. The van der Waals surface area contributed by atoms with E-state index < -0.39 is 0 Å². The van der Waals surface area contributed by atoms with Gasteiger partial charge in [0.2, 0.25) is 0 Å². The number of hydrogen-bond acceptors (Lipinski definition) is 3. The standard InChI is InChI=1S/C11H12OS2/c1-8-3-5-9(6-4-8)10(12)7-11(13)14-2/h3-6H,7H2,1-2H3. The fourth-order valence-electron chi connectivity index (χ4n) is 1.04. The van der Waals surface area contributed by atoms with E-state index in [4.69, 9.17) is 12.2 Å². The lowest BCUT2D eigenvalue weighted by atomic mass is 10.1. The Morgan fingerprint density at radius 1 is 1.36 bits per heavy atom. The van der Waals surface area contributed by atoms with Gasteiger partial charge in [0.05, 0.1) is 10.6 Å². The second-order valence-corrected chi connectivity index (χ2v) is 4.69. The Hall–Kier alpha value is -0.670. The second-order valence-electron chi connectivity index (χ2n) is 3.04. The van der Waals surface area contributed by atoms with Gasteiger partial charge in [0.25, 0.3) is 0 Å². The minimum Gasteiger partial charge on any atom is -0.294 e.